The summed E-state index contributed by atoms with van der Waals surface area (Å²) in [5.41, 5.74) is -0.680. The third kappa shape index (κ3) is 1.91. The first-order chi connectivity index (χ1) is 8.58. The van der Waals surface area contributed by atoms with Gasteiger partial charge in [0.25, 0.3) is 0 Å². The van der Waals surface area contributed by atoms with E-state index in [0.717, 1.165) is 44.9 Å². The molecule has 0 heterocycles. The molecule has 3 fully saturated rings. The highest BCUT2D eigenvalue weighted by atomic mass is 16.4. The Kier molecular flexibility index (Phi) is 2.65. The van der Waals surface area contributed by atoms with Crippen LogP contribution in [0.1, 0.15) is 57.8 Å². The number of carbonyl (C=O) groups is 2. The summed E-state index contributed by atoms with van der Waals surface area (Å²) in [5, 5.41) is 12.4. The lowest BCUT2D eigenvalue weighted by atomic mass is 9.90. The Bertz CT molecular complexity index is 379. The van der Waals surface area contributed by atoms with Crippen LogP contribution in [0.15, 0.2) is 0 Å². The van der Waals surface area contributed by atoms with Gasteiger partial charge in [-0.1, -0.05) is 25.7 Å². The van der Waals surface area contributed by atoms with Crippen molar-refractivity contribution in [2.75, 3.05) is 0 Å². The largest absolute Gasteiger partial charge is 0.480 e. The van der Waals surface area contributed by atoms with Crippen molar-refractivity contribution in [2.24, 2.45) is 11.3 Å². The van der Waals surface area contributed by atoms with Crippen LogP contribution in [0.5, 0.6) is 0 Å². The second kappa shape index (κ2) is 3.97. The number of hydrogen-bond donors (Lipinski definition) is 2. The average molecular weight is 251 g/mol. The van der Waals surface area contributed by atoms with E-state index in [1.807, 2.05) is 0 Å². The summed E-state index contributed by atoms with van der Waals surface area (Å²) >= 11 is 0. The molecule has 1 amide bonds. The molecule has 4 nitrogen and oxygen atoms in total. The van der Waals surface area contributed by atoms with E-state index < -0.39 is 11.5 Å². The molecule has 4 heteroatoms. The molecule has 1 spiro atoms. The van der Waals surface area contributed by atoms with E-state index in [4.69, 9.17) is 0 Å². The maximum atomic E-state index is 12.2. The van der Waals surface area contributed by atoms with Gasteiger partial charge in [0.15, 0.2) is 0 Å². The fraction of sp³-hybridized carbons (Fsp3) is 0.857. The lowest BCUT2D eigenvalue weighted by Gasteiger charge is -2.29. The molecule has 0 aromatic carbocycles. The van der Waals surface area contributed by atoms with Gasteiger partial charge in [-0.05, 0) is 37.5 Å². The predicted octanol–water partition coefficient (Wildman–Crippen LogP) is 2.08. The molecule has 0 bridgehead atoms. The summed E-state index contributed by atoms with van der Waals surface area (Å²) in [6.07, 6.45) is 8.45. The Morgan fingerprint density at radius 1 is 1.00 bits per heavy atom. The standard InChI is InChI=1S/C14H21NO3/c16-11(10-9-13(10)7-8-13)15-14(12(17)18)5-3-1-2-4-6-14/h10H,1-9H2,(H,15,16)(H,17,18). The van der Waals surface area contributed by atoms with Crippen molar-refractivity contribution in [2.45, 2.75) is 63.3 Å². The quantitative estimate of drug-likeness (QED) is 0.755. The van der Waals surface area contributed by atoms with E-state index in [2.05, 4.69) is 5.32 Å². The number of nitrogens with one attached hydrogen (secondary N) is 1. The molecule has 3 aliphatic carbocycles. The molecule has 0 aromatic rings. The fourth-order valence-corrected chi connectivity index (χ4v) is 3.48. The highest BCUT2D eigenvalue weighted by molar-refractivity contribution is 5.90. The number of carboxylic acids is 1. The van der Waals surface area contributed by atoms with Crippen LogP contribution in [0.2, 0.25) is 0 Å². The summed E-state index contributed by atoms with van der Waals surface area (Å²) in [6.45, 7) is 0. The topological polar surface area (TPSA) is 66.4 Å². The second-order valence-corrected chi connectivity index (χ2v) is 6.41. The molecule has 3 saturated carbocycles. The van der Waals surface area contributed by atoms with Gasteiger partial charge in [-0.15, -0.1) is 0 Å². The maximum Gasteiger partial charge on any atom is 0.329 e. The Labute approximate surface area is 107 Å². The van der Waals surface area contributed by atoms with Gasteiger partial charge in [-0.3, -0.25) is 4.79 Å². The molecule has 100 valence electrons. The first kappa shape index (κ1) is 12.0. The molecular weight excluding hydrogens is 230 g/mol. The Morgan fingerprint density at radius 2 is 1.61 bits per heavy atom. The third-order valence-electron chi connectivity index (χ3n) is 5.13. The summed E-state index contributed by atoms with van der Waals surface area (Å²) in [5.74, 6) is -0.739. The van der Waals surface area contributed by atoms with Crippen molar-refractivity contribution in [1.29, 1.82) is 0 Å². The van der Waals surface area contributed by atoms with Crippen LogP contribution in [0, 0.1) is 11.3 Å². The monoisotopic (exact) mass is 251 g/mol. The number of aliphatic carboxylic acids is 1. The van der Waals surface area contributed by atoms with Gasteiger partial charge < -0.3 is 10.4 Å². The fourth-order valence-electron chi connectivity index (χ4n) is 3.48. The summed E-state index contributed by atoms with van der Waals surface area (Å²) in [6, 6.07) is 0. The van der Waals surface area contributed by atoms with Crippen LogP contribution in [0.25, 0.3) is 0 Å². The van der Waals surface area contributed by atoms with Gasteiger partial charge >= 0.3 is 5.97 Å². The second-order valence-electron chi connectivity index (χ2n) is 6.41. The number of carboxylic acid groups (broad SMARTS) is 1. The van der Waals surface area contributed by atoms with Gasteiger partial charge in [-0.25, -0.2) is 4.79 Å². The molecule has 3 aliphatic rings. The van der Waals surface area contributed by atoms with Gasteiger partial charge in [0.1, 0.15) is 5.54 Å². The van der Waals surface area contributed by atoms with Crippen LogP contribution in [-0.4, -0.2) is 22.5 Å². The number of carbonyl (C=O) groups excluding carboxylic acids is 1. The van der Waals surface area contributed by atoms with E-state index in [9.17, 15) is 14.7 Å². The van der Waals surface area contributed by atoms with Crippen molar-refractivity contribution in [1.82, 2.24) is 5.32 Å². The van der Waals surface area contributed by atoms with E-state index in [1.165, 1.54) is 0 Å². The number of rotatable bonds is 3. The van der Waals surface area contributed by atoms with Crippen LogP contribution < -0.4 is 5.32 Å². The van der Waals surface area contributed by atoms with E-state index >= 15 is 0 Å². The van der Waals surface area contributed by atoms with Gasteiger partial charge in [0.2, 0.25) is 5.91 Å². The minimum absolute atomic E-state index is 0.00296. The van der Waals surface area contributed by atoms with Crippen molar-refractivity contribution < 1.29 is 14.7 Å². The Balaban J connectivity index is 1.69. The number of amides is 1. The average Bonchev–Trinajstić information content (AvgIpc) is 3.22. The molecule has 3 rings (SSSR count). The highest BCUT2D eigenvalue weighted by Crippen LogP contribution is 2.70. The lowest BCUT2D eigenvalue weighted by molar-refractivity contribution is -0.148. The normalized spacial score (nSPS) is 31.4. The molecule has 18 heavy (non-hydrogen) atoms. The third-order valence-corrected chi connectivity index (χ3v) is 5.13. The highest BCUT2D eigenvalue weighted by Gasteiger charge is 2.66. The van der Waals surface area contributed by atoms with Gasteiger partial charge in [0.05, 0.1) is 0 Å². The van der Waals surface area contributed by atoms with Crippen molar-refractivity contribution in [3.63, 3.8) is 0 Å². The zero-order valence-corrected chi connectivity index (χ0v) is 10.7. The Hall–Kier alpha value is -1.06. The van der Waals surface area contributed by atoms with Gasteiger partial charge in [-0.2, -0.15) is 0 Å². The minimum atomic E-state index is -0.980. The molecule has 0 aliphatic heterocycles. The van der Waals surface area contributed by atoms with Crippen molar-refractivity contribution >= 4 is 11.9 Å². The molecule has 0 saturated heterocycles. The summed E-state index contributed by atoms with van der Waals surface area (Å²) in [7, 11) is 0. The Morgan fingerprint density at radius 3 is 2.06 bits per heavy atom. The minimum Gasteiger partial charge on any atom is -0.480 e. The molecule has 0 radical (unpaired) electrons. The molecule has 1 unspecified atom stereocenters. The predicted molar refractivity (Wildman–Crippen MR) is 66.0 cm³/mol. The van der Waals surface area contributed by atoms with E-state index in [0.29, 0.717) is 18.3 Å². The van der Waals surface area contributed by atoms with E-state index in [-0.39, 0.29) is 11.8 Å². The lowest BCUT2D eigenvalue weighted by Crippen LogP contribution is -2.54. The smallest absolute Gasteiger partial charge is 0.329 e. The number of hydrogen-bond acceptors (Lipinski definition) is 2. The molecule has 0 aromatic heterocycles. The van der Waals surface area contributed by atoms with E-state index in [1.54, 1.807) is 0 Å². The zero-order chi connectivity index (χ0) is 12.8. The van der Waals surface area contributed by atoms with Gasteiger partial charge in [0, 0.05) is 5.92 Å². The van der Waals surface area contributed by atoms with Crippen molar-refractivity contribution in [3.05, 3.63) is 0 Å². The maximum absolute atomic E-state index is 12.2. The van der Waals surface area contributed by atoms with Crippen LogP contribution >= 0.6 is 0 Å². The van der Waals surface area contributed by atoms with Crippen LogP contribution in [0.3, 0.4) is 0 Å². The van der Waals surface area contributed by atoms with Crippen molar-refractivity contribution in [3.8, 4) is 0 Å². The first-order valence-corrected chi connectivity index (χ1v) is 7.14. The molecule has 1 atom stereocenters. The SMILES string of the molecule is O=C(NC1(C(=O)O)CCCCCC1)C1CC12CC2. The first-order valence-electron chi connectivity index (χ1n) is 7.14. The van der Waals surface area contributed by atoms with Crippen LogP contribution in [-0.2, 0) is 9.59 Å². The van der Waals surface area contributed by atoms with Crippen LogP contribution in [0.4, 0.5) is 0 Å². The zero-order valence-electron chi connectivity index (χ0n) is 10.7. The summed E-state index contributed by atoms with van der Waals surface area (Å²) < 4.78 is 0. The summed E-state index contributed by atoms with van der Waals surface area (Å²) in [4.78, 5) is 23.7. The molecule has 2 N–H and O–H groups in total. The molecular formula is C14H21NO3.